The topological polar surface area (TPSA) is 115 Å². The molecular formula is C23H19F2N3O4S. The summed E-state index contributed by atoms with van der Waals surface area (Å²) in [4.78, 5) is 35.9. The summed E-state index contributed by atoms with van der Waals surface area (Å²) in [6, 6.07) is 15.1. The number of primary amides is 1. The van der Waals surface area contributed by atoms with E-state index in [1.165, 1.54) is 54.6 Å². The van der Waals surface area contributed by atoms with Gasteiger partial charge in [-0.3, -0.25) is 19.7 Å². The minimum absolute atomic E-state index is 0.0394. The highest BCUT2D eigenvalue weighted by atomic mass is 32.2. The van der Waals surface area contributed by atoms with Gasteiger partial charge < -0.3 is 11.1 Å². The quantitative estimate of drug-likeness (QED) is 0.360. The van der Waals surface area contributed by atoms with Gasteiger partial charge in [-0.15, -0.1) is 0 Å². The van der Waals surface area contributed by atoms with Crippen LogP contribution in [0.5, 0.6) is 0 Å². The molecule has 0 bridgehead atoms. The second kappa shape index (κ2) is 10.7. The average molecular weight is 471 g/mol. The second-order valence-corrected chi connectivity index (χ2v) is 8.19. The van der Waals surface area contributed by atoms with Crippen molar-refractivity contribution in [1.82, 2.24) is 5.32 Å². The Hall–Kier alpha value is -3.79. The van der Waals surface area contributed by atoms with Crippen LogP contribution in [-0.2, 0) is 11.2 Å². The smallest absolute Gasteiger partial charge is 0.270 e. The van der Waals surface area contributed by atoms with Crippen molar-refractivity contribution < 1.29 is 23.3 Å². The number of nitro benzene ring substituents is 1. The highest BCUT2D eigenvalue weighted by Gasteiger charge is 2.22. The van der Waals surface area contributed by atoms with Crippen molar-refractivity contribution in [1.29, 1.82) is 0 Å². The van der Waals surface area contributed by atoms with Crippen molar-refractivity contribution in [2.75, 3.05) is 6.54 Å². The molecule has 0 aliphatic carbocycles. The predicted octanol–water partition coefficient (Wildman–Crippen LogP) is 4.10. The highest BCUT2D eigenvalue weighted by Crippen LogP contribution is 2.34. The molecule has 0 spiro atoms. The first-order chi connectivity index (χ1) is 15.7. The predicted molar refractivity (Wildman–Crippen MR) is 119 cm³/mol. The van der Waals surface area contributed by atoms with Gasteiger partial charge in [0.05, 0.1) is 16.4 Å². The summed E-state index contributed by atoms with van der Waals surface area (Å²) in [5, 5.41) is 13.8. The largest absolute Gasteiger partial charge is 0.369 e. The molecule has 3 aromatic carbocycles. The normalized spacial score (nSPS) is 11.6. The molecule has 0 saturated heterocycles. The Balaban J connectivity index is 1.81. The third-order valence-electron chi connectivity index (χ3n) is 4.78. The third-order valence-corrected chi connectivity index (χ3v) is 5.91. The minimum atomic E-state index is -0.791. The standard InChI is InChI=1S/C23H19F2N3O4S/c24-16-7-5-14(6-8-16)11-15(22(26)29)13-27-23(30)18-12-17(28(31)32)9-10-20(18)33-21-4-2-1-3-19(21)25/h1-10,12,15H,11,13H2,(H2,26,29)(H,27,30). The Morgan fingerprint density at radius 1 is 1.03 bits per heavy atom. The lowest BCUT2D eigenvalue weighted by Gasteiger charge is -2.16. The van der Waals surface area contributed by atoms with Gasteiger partial charge in [-0.2, -0.15) is 0 Å². The first-order valence-electron chi connectivity index (χ1n) is 9.77. The van der Waals surface area contributed by atoms with Gasteiger partial charge in [0.25, 0.3) is 11.6 Å². The number of benzene rings is 3. The number of hydrogen-bond donors (Lipinski definition) is 2. The van der Waals surface area contributed by atoms with Crippen LogP contribution >= 0.6 is 11.8 Å². The summed E-state index contributed by atoms with van der Waals surface area (Å²) in [5.41, 5.74) is 5.76. The van der Waals surface area contributed by atoms with Crippen LogP contribution in [0.4, 0.5) is 14.5 Å². The van der Waals surface area contributed by atoms with Gasteiger partial charge in [-0.25, -0.2) is 8.78 Å². The number of rotatable bonds is 9. The van der Waals surface area contributed by atoms with E-state index in [0.29, 0.717) is 10.5 Å². The molecule has 170 valence electrons. The fourth-order valence-corrected chi connectivity index (χ4v) is 3.98. The van der Waals surface area contributed by atoms with Crippen LogP contribution < -0.4 is 11.1 Å². The third kappa shape index (κ3) is 6.36. The van der Waals surface area contributed by atoms with E-state index in [1.54, 1.807) is 6.07 Å². The Morgan fingerprint density at radius 3 is 2.36 bits per heavy atom. The zero-order valence-electron chi connectivity index (χ0n) is 17.2. The van der Waals surface area contributed by atoms with Crippen LogP contribution in [0.15, 0.2) is 76.5 Å². The molecule has 33 heavy (non-hydrogen) atoms. The van der Waals surface area contributed by atoms with Crippen molar-refractivity contribution in [3.05, 3.63) is 99.6 Å². The molecule has 1 unspecified atom stereocenters. The Labute approximate surface area is 192 Å². The fraction of sp³-hybridized carbons (Fsp3) is 0.130. The Bertz CT molecular complexity index is 1190. The number of nitrogens with two attached hydrogens (primary N) is 1. The number of hydrogen-bond acceptors (Lipinski definition) is 5. The van der Waals surface area contributed by atoms with Crippen molar-refractivity contribution in [2.45, 2.75) is 16.2 Å². The molecule has 0 aliphatic heterocycles. The maximum atomic E-state index is 14.1. The van der Waals surface area contributed by atoms with E-state index in [0.717, 1.165) is 17.8 Å². The van der Waals surface area contributed by atoms with Crippen molar-refractivity contribution in [2.24, 2.45) is 11.7 Å². The lowest BCUT2D eigenvalue weighted by molar-refractivity contribution is -0.384. The van der Waals surface area contributed by atoms with Gasteiger partial charge in [0.2, 0.25) is 5.91 Å². The Kier molecular flexibility index (Phi) is 7.73. The maximum absolute atomic E-state index is 14.1. The lowest BCUT2D eigenvalue weighted by atomic mass is 9.98. The van der Waals surface area contributed by atoms with E-state index in [1.807, 2.05) is 0 Å². The molecule has 3 aromatic rings. The molecule has 2 amide bonds. The van der Waals surface area contributed by atoms with E-state index in [2.05, 4.69) is 5.32 Å². The van der Waals surface area contributed by atoms with E-state index in [9.17, 15) is 28.5 Å². The molecule has 10 heteroatoms. The molecule has 0 fully saturated rings. The van der Waals surface area contributed by atoms with Gasteiger partial charge in [0, 0.05) is 28.5 Å². The molecule has 3 rings (SSSR count). The first kappa shape index (κ1) is 23.9. The van der Waals surface area contributed by atoms with Gasteiger partial charge >= 0.3 is 0 Å². The van der Waals surface area contributed by atoms with E-state index in [-0.39, 0.29) is 29.1 Å². The monoisotopic (exact) mass is 471 g/mol. The minimum Gasteiger partial charge on any atom is -0.369 e. The summed E-state index contributed by atoms with van der Waals surface area (Å²) < 4.78 is 27.2. The molecule has 3 N–H and O–H groups in total. The van der Waals surface area contributed by atoms with Crippen molar-refractivity contribution >= 4 is 29.3 Å². The van der Waals surface area contributed by atoms with Gasteiger partial charge in [-0.1, -0.05) is 36.0 Å². The first-order valence-corrected chi connectivity index (χ1v) is 10.6. The summed E-state index contributed by atoms with van der Waals surface area (Å²) in [6.45, 7) is -0.141. The van der Waals surface area contributed by atoms with Crippen LogP contribution in [0.25, 0.3) is 0 Å². The summed E-state index contributed by atoms with van der Waals surface area (Å²) in [7, 11) is 0. The number of non-ortho nitro benzene ring substituents is 1. The lowest BCUT2D eigenvalue weighted by Crippen LogP contribution is -2.37. The Morgan fingerprint density at radius 2 is 1.73 bits per heavy atom. The summed E-state index contributed by atoms with van der Waals surface area (Å²) in [6.07, 6.45) is 0.168. The van der Waals surface area contributed by atoms with E-state index < -0.39 is 34.3 Å². The van der Waals surface area contributed by atoms with E-state index >= 15 is 0 Å². The van der Waals surface area contributed by atoms with Crippen LogP contribution in [0.1, 0.15) is 15.9 Å². The van der Waals surface area contributed by atoms with Gasteiger partial charge in [0.1, 0.15) is 11.6 Å². The molecule has 0 radical (unpaired) electrons. The summed E-state index contributed by atoms with van der Waals surface area (Å²) in [5.74, 6) is -3.06. The van der Waals surface area contributed by atoms with Gasteiger partial charge in [0.15, 0.2) is 0 Å². The van der Waals surface area contributed by atoms with Crippen LogP contribution in [0.2, 0.25) is 0 Å². The second-order valence-electron chi connectivity index (χ2n) is 7.11. The van der Waals surface area contributed by atoms with Crippen LogP contribution in [0, 0.1) is 27.7 Å². The van der Waals surface area contributed by atoms with Crippen LogP contribution in [0.3, 0.4) is 0 Å². The zero-order chi connectivity index (χ0) is 24.0. The number of nitrogens with one attached hydrogen (secondary N) is 1. The van der Waals surface area contributed by atoms with Crippen molar-refractivity contribution in [3.63, 3.8) is 0 Å². The zero-order valence-corrected chi connectivity index (χ0v) is 18.0. The molecule has 0 heterocycles. The number of halogens is 2. The molecular weight excluding hydrogens is 452 g/mol. The molecule has 0 aliphatic rings. The van der Waals surface area contributed by atoms with Crippen LogP contribution in [-0.4, -0.2) is 23.3 Å². The highest BCUT2D eigenvalue weighted by molar-refractivity contribution is 7.99. The summed E-state index contributed by atoms with van der Waals surface area (Å²) >= 11 is 0.949. The van der Waals surface area contributed by atoms with E-state index in [4.69, 9.17) is 5.73 Å². The molecule has 0 aromatic heterocycles. The maximum Gasteiger partial charge on any atom is 0.270 e. The van der Waals surface area contributed by atoms with Crippen molar-refractivity contribution in [3.8, 4) is 0 Å². The molecule has 0 saturated carbocycles. The SMILES string of the molecule is NC(=O)C(CNC(=O)c1cc([N+](=O)[O-])ccc1Sc1ccccc1F)Cc1ccc(F)cc1. The number of amides is 2. The number of carbonyl (C=O) groups excluding carboxylic acids is 2. The average Bonchev–Trinajstić information content (AvgIpc) is 2.79. The number of carbonyl (C=O) groups is 2. The fourth-order valence-electron chi connectivity index (χ4n) is 3.03. The number of nitrogens with zero attached hydrogens (tertiary/aromatic N) is 1. The molecule has 7 nitrogen and oxygen atoms in total. The van der Waals surface area contributed by atoms with Gasteiger partial charge in [-0.05, 0) is 42.3 Å². The molecule has 1 atom stereocenters. The number of nitro groups is 1.